The highest BCUT2D eigenvalue weighted by Crippen LogP contribution is 2.34. The standard InChI is InChI=1S/C21H22N6O2/c1-11-8-9-27(11)21-24-16-5-3-4-14(16)18(25-21)13-6-7-17-15(10-13)19(29)26-20(23-17)22-12(2)28/h6-7,10-11H,3-5,8-9H2,1-2H3,(H2,22,23,26,28,29)/t11-/m0/s1. The largest absolute Gasteiger partial charge is 0.338 e. The van der Waals surface area contributed by atoms with Gasteiger partial charge in [0, 0.05) is 36.3 Å². The minimum atomic E-state index is -0.289. The van der Waals surface area contributed by atoms with Crippen molar-refractivity contribution in [3.63, 3.8) is 0 Å². The van der Waals surface area contributed by atoms with Gasteiger partial charge in [0.15, 0.2) is 0 Å². The van der Waals surface area contributed by atoms with Gasteiger partial charge in [0.05, 0.1) is 16.6 Å². The van der Waals surface area contributed by atoms with Crippen LogP contribution in [0.15, 0.2) is 23.0 Å². The minimum Gasteiger partial charge on any atom is -0.338 e. The SMILES string of the molecule is CC(=O)Nc1nc2ccc(-c3nc(N4CC[C@@H]4C)nc4c3CCC4)cc2c(=O)[nH]1. The number of nitrogens with zero attached hydrogens (tertiary/aromatic N) is 4. The van der Waals surface area contributed by atoms with Crippen LogP contribution in [0.5, 0.6) is 0 Å². The Morgan fingerprint density at radius 2 is 2.10 bits per heavy atom. The summed E-state index contributed by atoms with van der Waals surface area (Å²) in [5.41, 5.74) is 4.35. The molecule has 8 nitrogen and oxygen atoms in total. The summed E-state index contributed by atoms with van der Waals surface area (Å²) in [4.78, 5) is 42.8. The second kappa shape index (κ2) is 6.65. The van der Waals surface area contributed by atoms with Crippen LogP contribution in [0, 0.1) is 0 Å². The van der Waals surface area contributed by atoms with Crippen LogP contribution in [0.4, 0.5) is 11.9 Å². The van der Waals surface area contributed by atoms with E-state index in [1.54, 1.807) is 6.07 Å². The monoisotopic (exact) mass is 390 g/mol. The number of H-pyrrole nitrogens is 1. The maximum atomic E-state index is 12.6. The van der Waals surface area contributed by atoms with E-state index in [9.17, 15) is 9.59 Å². The molecule has 1 aromatic carbocycles. The molecular weight excluding hydrogens is 368 g/mol. The fraction of sp³-hybridized carbons (Fsp3) is 0.381. The van der Waals surface area contributed by atoms with Crippen molar-refractivity contribution in [1.29, 1.82) is 0 Å². The van der Waals surface area contributed by atoms with Crippen molar-refractivity contribution in [2.45, 2.75) is 45.6 Å². The first kappa shape index (κ1) is 17.8. The lowest BCUT2D eigenvalue weighted by Gasteiger charge is -2.39. The zero-order chi connectivity index (χ0) is 20.1. The smallest absolute Gasteiger partial charge is 0.260 e. The topological polar surface area (TPSA) is 104 Å². The number of fused-ring (bicyclic) bond motifs is 2. The van der Waals surface area contributed by atoms with Crippen molar-refractivity contribution >= 4 is 28.7 Å². The van der Waals surface area contributed by atoms with Gasteiger partial charge in [0.2, 0.25) is 17.8 Å². The van der Waals surface area contributed by atoms with E-state index < -0.39 is 0 Å². The molecule has 1 amide bonds. The van der Waals surface area contributed by atoms with E-state index in [1.807, 2.05) is 12.1 Å². The zero-order valence-electron chi connectivity index (χ0n) is 16.5. The molecule has 148 valence electrons. The van der Waals surface area contributed by atoms with Crippen molar-refractivity contribution in [3.8, 4) is 11.3 Å². The Balaban J connectivity index is 1.63. The van der Waals surface area contributed by atoms with E-state index in [2.05, 4.69) is 27.1 Å². The number of amides is 1. The molecule has 1 fully saturated rings. The average Bonchev–Trinajstić information content (AvgIpc) is 3.14. The van der Waals surface area contributed by atoms with Crippen LogP contribution < -0.4 is 15.8 Å². The number of anilines is 2. The van der Waals surface area contributed by atoms with Crippen LogP contribution in [0.25, 0.3) is 22.2 Å². The second-order valence-corrected chi connectivity index (χ2v) is 7.81. The summed E-state index contributed by atoms with van der Waals surface area (Å²) in [6.45, 7) is 4.54. The lowest BCUT2D eigenvalue weighted by atomic mass is 10.0. The summed E-state index contributed by atoms with van der Waals surface area (Å²) in [5, 5.41) is 3.00. The third-order valence-corrected chi connectivity index (χ3v) is 5.77. The van der Waals surface area contributed by atoms with Crippen LogP contribution in [0.1, 0.15) is 37.9 Å². The summed E-state index contributed by atoms with van der Waals surface area (Å²) < 4.78 is 0. The molecular formula is C21H22N6O2. The number of hydrogen-bond acceptors (Lipinski definition) is 6. The molecule has 0 radical (unpaired) electrons. The van der Waals surface area contributed by atoms with Crippen molar-refractivity contribution in [2.75, 3.05) is 16.8 Å². The molecule has 1 aliphatic heterocycles. The molecule has 0 bridgehead atoms. The summed E-state index contributed by atoms with van der Waals surface area (Å²) in [5.74, 6) is 0.653. The Hall–Kier alpha value is -3.29. The normalized spacial score (nSPS) is 17.9. The molecule has 3 aromatic rings. The Morgan fingerprint density at radius 3 is 2.83 bits per heavy atom. The molecule has 0 spiro atoms. The Labute approximate surface area is 167 Å². The molecule has 29 heavy (non-hydrogen) atoms. The highest BCUT2D eigenvalue weighted by Gasteiger charge is 2.29. The summed E-state index contributed by atoms with van der Waals surface area (Å²) in [7, 11) is 0. The number of hydrogen-bond donors (Lipinski definition) is 2. The number of rotatable bonds is 3. The van der Waals surface area contributed by atoms with Crippen LogP contribution in [0.2, 0.25) is 0 Å². The van der Waals surface area contributed by atoms with Gasteiger partial charge >= 0.3 is 0 Å². The predicted octanol–water partition coefficient (Wildman–Crippen LogP) is 2.43. The van der Waals surface area contributed by atoms with E-state index in [1.165, 1.54) is 12.5 Å². The van der Waals surface area contributed by atoms with E-state index in [-0.39, 0.29) is 17.4 Å². The summed E-state index contributed by atoms with van der Waals surface area (Å²) in [6, 6.07) is 6.04. The van der Waals surface area contributed by atoms with E-state index in [4.69, 9.17) is 9.97 Å². The van der Waals surface area contributed by atoms with Crippen LogP contribution >= 0.6 is 0 Å². The van der Waals surface area contributed by atoms with Gasteiger partial charge in [-0.25, -0.2) is 15.0 Å². The molecule has 0 saturated carbocycles. The molecule has 8 heteroatoms. The molecule has 1 saturated heterocycles. The molecule has 2 N–H and O–H groups in total. The van der Waals surface area contributed by atoms with Crippen LogP contribution in [-0.4, -0.2) is 38.4 Å². The molecule has 2 aliphatic rings. The van der Waals surface area contributed by atoms with Gasteiger partial charge in [-0.3, -0.25) is 19.9 Å². The molecule has 2 aromatic heterocycles. The first-order valence-corrected chi connectivity index (χ1v) is 9.98. The molecule has 3 heterocycles. The number of nitrogens with one attached hydrogen (secondary N) is 2. The maximum absolute atomic E-state index is 12.6. The summed E-state index contributed by atoms with van der Waals surface area (Å²) >= 11 is 0. The number of aromatic nitrogens is 4. The number of carbonyl (C=O) groups excluding carboxylic acids is 1. The number of benzene rings is 1. The molecule has 1 aliphatic carbocycles. The Morgan fingerprint density at radius 1 is 1.24 bits per heavy atom. The Bertz CT molecular complexity index is 1200. The first-order chi connectivity index (χ1) is 14.0. The minimum absolute atomic E-state index is 0.153. The third kappa shape index (κ3) is 3.04. The number of aromatic amines is 1. The fourth-order valence-corrected chi connectivity index (χ4v) is 4.11. The highest BCUT2D eigenvalue weighted by molar-refractivity contribution is 5.89. The quantitative estimate of drug-likeness (QED) is 0.712. The number of carbonyl (C=O) groups is 1. The Kier molecular flexibility index (Phi) is 4.08. The number of aryl methyl sites for hydroxylation is 1. The van der Waals surface area contributed by atoms with Crippen molar-refractivity contribution in [3.05, 3.63) is 39.8 Å². The zero-order valence-corrected chi connectivity index (χ0v) is 16.5. The predicted molar refractivity (Wildman–Crippen MR) is 111 cm³/mol. The molecule has 0 unspecified atom stereocenters. The van der Waals surface area contributed by atoms with Gasteiger partial charge in [-0.2, -0.15) is 0 Å². The van der Waals surface area contributed by atoms with Gasteiger partial charge in [-0.1, -0.05) is 6.07 Å². The first-order valence-electron chi connectivity index (χ1n) is 9.98. The van der Waals surface area contributed by atoms with Gasteiger partial charge in [0.1, 0.15) is 0 Å². The fourth-order valence-electron chi connectivity index (χ4n) is 4.11. The molecule has 1 atom stereocenters. The van der Waals surface area contributed by atoms with Crippen molar-refractivity contribution in [1.82, 2.24) is 19.9 Å². The second-order valence-electron chi connectivity index (χ2n) is 7.81. The molecule has 5 rings (SSSR count). The highest BCUT2D eigenvalue weighted by atomic mass is 16.1. The van der Waals surface area contributed by atoms with Crippen LogP contribution in [0.3, 0.4) is 0 Å². The van der Waals surface area contributed by atoms with Gasteiger partial charge in [-0.15, -0.1) is 0 Å². The van der Waals surface area contributed by atoms with Crippen molar-refractivity contribution in [2.24, 2.45) is 0 Å². The van der Waals surface area contributed by atoms with E-state index in [0.29, 0.717) is 16.9 Å². The van der Waals surface area contributed by atoms with E-state index in [0.717, 1.165) is 55.1 Å². The maximum Gasteiger partial charge on any atom is 0.260 e. The van der Waals surface area contributed by atoms with Crippen LogP contribution in [-0.2, 0) is 17.6 Å². The van der Waals surface area contributed by atoms with Gasteiger partial charge < -0.3 is 4.90 Å². The summed E-state index contributed by atoms with van der Waals surface area (Å²) in [6.07, 6.45) is 4.15. The van der Waals surface area contributed by atoms with Gasteiger partial charge in [-0.05, 0) is 44.7 Å². The van der Waals surface area contributed by atoms with Gasteiger partial charge in [0.25, 0.3) is 5.56 Å². The van der Waals surface area contributed by atoms with Crippen molar-refractivity contribution < 1.29 is 4.79 Å². The lowest BCUT2D eigenvalue weighted by Crippen LogP contribution is -2.46. The average molecular weight is 390 g/mol. The lowest BCUT2D eigenvalue weighted by molar-refractivity contribution is -0.114. The third-order valence-electron chi connectivity index (χ3n) is 5.77. The van der Waals surface area contributed by atoms with E-state index >= 15 is 0 Å².